The van der Waals surface area contributed by atoms with Crippen molar-refractivity contribution in [3.8, 4) is 0 Å². The molecule has 1 aliphatic carbocycles. The van der Waals surface area contributed by atoms with E-state index in [0.29, 0.717) is 6.04 Å². The Kier molecular flexibility index (Phi) is 3.44. The van der Waals surface area contributed by atoms with Gasteiger partial charge in [-0.2, -0.15) is 0 Å². The Hall–Kier alpha value is -1.09. The van der Waals surface area contributed by atoms with E-state index in [-0.39, 0.29) is 5.56 Å². The number of rotatable bonds is 5. The van der Waals surface area contributed by atoms with Gasteiger partial charge in [0.25, 0.3) is 5.56 Å². The molecule has 0 aromatic carbocycles. The fraction of sp³-hybridized carbons (Fsp3) is 0.615. The highest BCUT2D eigenvalue weighted by Crippen LogP contribution is 2.32. The predicted molar refractivity (Wildman–Crippen MR) is 65.6 cm³/mol. The van der Waals surface area contributed by atoms with Crippen LogP contribution < -0.4 is 10.9 Å². The molecule has 1 N–H and O–H groups in total. The Morgan fingerprint density at radius 1 is 1.56 bits per heavy atom. The summed E-state index contributed by atoms with van der Waals surface area (Å²) in [6.07, 6.45) is 4.58. The van der Waals surface area contributed by atoms with Gasteiger partial charge >= 0.3 is 0 Å². The molecule has 0 spiro atoms. The third kappa shape index (κ3) is 2.73. The molecule has 0 radical (unpaired) electrons. The van der Waals surface area contributed by atoms with Gasteiger partial charge in [0.1, 0.15) is 0 Å². The van der Waals surface area contributed by atoms with Gasteiger partial charge in [-0.1, -0.05) is 6.07 Å². The zero-order valence-corrected chi connectivity index (χ0v) is 10.1. The first-order valence-corrected chi connectivity index (χ1v) is 6.08. The summed E-state index contributed by atoms with van der Waals surface area (Å²) < 4.78 is 1.78. The SMILES string of the molecule is Cc1cccn(CCNC(C)C2CC2)c1=O. The minimum Gasteiger partial charge on any atom is -0.314 e. The van der Waals surface area contributed by atoms with E-state index >= 15 is 0 Å². The van der Waals surface area contributed by atoms with Gasteiger partial charge in [0.2, 0.25) is 0 Å². The van der Waals surface area contributed by atoms with Gasteiger partial charge in [-0.15, -0.1) is 0 Å². The topological polar surface area (TPSA) is 34.0 Å². The van der Waals surface area contributed by atoms with E-state index in [1.54, 1.807) is 4.57 Å². The molecular formula is C13H20N2O. The number of nitrogens with one attached hydrogen (secondary N) is 1. The summed E-state index contributed by atoms with van der Waals surface area (Å²) in [7, 11) is 0. The van der Waals surface area contributed by atoms with Gasteiger partial charge in [0.15, 0.2) is 0 Å². The smallest absolute Gasteiger partial charge is 0.253 e. The number of hydrogen-bond acceptors (Lipinski definition) is 2. The molecular weight excluding hydrogens is 200 g/mol. The fourth-order valence-corrected chi connectivity index (χ4v) is 2.01. The molecule has 16 heavy (non-hydrogen) atoms. The summed E-state index contributed by atoms with van der Waals surface area (Å²) in [5, 5.41) is 3.48. The third-order valence-corrected chi connectivity index (χ3v) is 3.36. The highest BCUT2D eigenvalue weighted by molar-refractivity contribution is 5.07. The molecule has 3 heteroatoms. The van der Waals surface area contributed by atoms with Crippen molar-refractivity contribution in [2.75, 3.05) is 6.54 Å². The van der Waals surface area contributed by atoms with Crippen molar-refractivity contribution in [1.29, 1.82) is 0 Å². The molecule has 1 heterocycles. The second-order valence-electron chi connectivity index (χ2n) is 4.77. The molecule has 1 saturated carbocycles. The van der Waals surface area contributed by atoms with Crippen molar-refractivity contribution < 1.29 is 0 Å². The number of aromatic nitrogens is 1. The number of hydrogen-bond donors (Lipinski definition) is 1. The standard InChI is InChI=1S/C13H20N2O/c1-10-4-3-8-15(13(10)16)9-7-14-11(2)12-5-6-12/h3-4,8,11-12,14H,5-7,9H2,1-2H3. The van der Waals surface area contributed by atoms with E-state index in [2.05, 4.69) is 12.2 Å². The predicted octanol–water partition coefficient (Wildman–Crippen LogP) is 1.54. The first-order valence-electron chi connectivity index (χ1n) is 6.08. The van der Waals surface area contributed by atoms with Crippen molar-refractivity contribution >= 4 is 0 Å². The minimum atomic E-state index is 0.128. The maximum atomic E-state index is 11.7. The van der Waals surface area contributed by atoms with E-state index in [1.807, 2.05) is 25.3 Å². The lowest BCUT2D eigenvalue weighted by atomic mass is 10.2. The quantitative estimate of drug-likeness (QED) is 0.817. The van der Waals surface area contributed by atoms with Crippen molar-refractivity contribution in [3.63, 3.8) is 0 Å². The molecule has 1 aromatic heterocycles. The lowest BCUT2D eigenvalue weighted by Crippen LogP contribution is -2.33. The maximum Gasteiger partial charge on any atom is 0.253 e. The average molecular weight is 220 g/mol. The van der Waals surface area contributed by atoms with Crippen LogP contribution in [0.1, 0.15) is 25.3 Å². The molecule has 0 aliphatic heterocycles. The molecule has 2 rings (SSSR count). The largest absolute Gasteiger partial charge is 0.314 e. The number of aryl methyl sites for hydroxylation is 1. The zero-order chi connectivity index (χ0) is 11.5. The third-order valence-electron chi connectivity index (χ3n) is 3.36. The summed E-state index contributed by atoms with van der Waals surface area (Å²) >= 11 is 0. The van der Waals surface area contributed by atoms with Crippen molar-refractivity contribution in [3.05, 3.63) is 34.2 Å². The first-order chi connectivity index (χ1) is 7.68. The van der Waals surface area contributed by atoms with Crippen molar-refractivity contribution in [1.82, 2.24) is 9.88 Å². The van der Waals surface area contributed by atoms with Gasteiger partial charge in [0, 0.05) is 30.9 Å². The Balaban J connectivity index is 1.84. The van der Waals surface area contributed by atoms with Crippen LogP contribution in [0.3, 0.4) is 0 Å². The number of pyridine rings is 1. The second-order valence-corrected chi connectivity index (χ2v) is 4.77. The molecule has 0 bridgehead atoms. The normalized spacial score (nSPS) is 17.4. The number of nitrogens with zero attached hydrogens (tertiary/aromatic N) is 1. The van der Waals surface area contributed by atoms with Gasteiger partial charge in [-0.05, 0) is 38.7 Å². The highest BCUT2D eigenvalue weighted by atomic mass is 16.1. The van der Waals surface area contributed by atoms with Crippen LogP contribution in [0.25, 0.3) is 0 Å². The van der Waals surface area contributed by atoms with Crippen LogP contribution in [0.2, 0.25) is 0 Å². The van der Waals surface area contributed by atoms with Crippen LogP contribution in [-0.4, -0.2) is 17.2 Å². The van der Waals surface area contributed by atoms with E-state index in [1.165, 1.54) is 12.8 Å². The Bertz CT molecular complexity index is 407. The first kappa shape index (κ1) is 11.4. The average Bonchev–Trinajstić information content (AvgIpc) is 3.07. The monoisotopic (exact) mass is 220 g/mol. The zero-order valence-electron chi connectivity index (χ0n) is 10.1. The van der Waals surface area contributed by atoms with E-state index in [4.69, 9.17) is 0 Å². The van der Waals surface area contributed by atoms with Gasteiger partial charge in [0.05, 0.1) is 0 Å². The molecule has 3 nitrogen and oxygen atoms in total. The lowest BCUT2D eigenvalue weighted by Gasteiger charge is -2.13. The molecule has 0 saturated heterocycles. The summed E-state index contributed by atoms with van der Waals surface area (Å²) in [6.45, 7) is 5.73. The van der Waals surface area contributed by atoms with Crippen LogP contribution in [0.15, 0.2) is 23.1 Å². The minimum absolute atomic E-state index is 0.128. The summed E-state index contributed by atoms with van der Waals surface area (Å²) in [5.74, 6) is 0.870. The van der Waals surface area contributed by atoms with Crippen molar-refractivity contribution in [2.24, 2.45) is 5.92 Å². The molecule has 0 amide bonds. The molecule has 88 valence electrons. The van der Waals surface area contributed by atoms with Gasteiger partial charge in [-0.3, -0.25) is 4.79 Å². The van der Waals surface area contributed by atoms with Gasteiger partial charge < -0.3 is 9.88 Å². The molecule has 1 atom stereocenters. The van der Waals surface area contributed by atoms with Crippen LogP contribution in [0, 0.1) is 12.8 Å². The van der Waals surface area contributed by atoms with Crippen LogP contribution in [0.4, 0.5) is 0 Å². The molecule has 1 aromatic rings. The summed E-state index contributed by atoms with van der Waals surface area (Å²) in [4.78, 5) is 11.7. The maximum absolute atomic E-state index is 11.7. The Morgan fingerprint density at radius 2 is 2.31 bits per heavy atom. The Labute approximate surface area is 96.5 Å². The van der Waals surface area contributed by atoms with E-state index in [9.17, 15) is 4.79 Å². The molecule has 1 fully saturated rings. The molecule has 1 unspecified atom stereocenters. The van der Waals surface area contributed by atoms with E-state index in [0.717, 1.165) is 24.6 Å². The van der Waals surface area contributed by atoms with Crippen LogP contribution in [-0.2, 0) is 6.54 Å². The Morgan fingerprint density at radius 3 is 3.00 bits per heavy atom. The molecule has 1 aliphatic rings. The van der Waals surface area contributed by atoms with E-state index < -0.39 is 0 Å². The van der Waals surface area contributed by atoms with Crippen molar-refractivity contribution in [2.45, 2.75) is 39.3 Å². The summed E-state index contributed by atoms with van der Waals surface area (Å²) in [6, 6.07) is 4.39. The second kappa shape index (κ2) is 4.83. The van der Waals surface area contributed by atoms with Gasteiger partial charge in [-0.25, -0.2) is 0 Å². The highest BCUT2D eigenvalue weighted by Gasteiger charge is 2.27. The summed E-state index contributed by atoms with van der Waals surface area (Å²) in [5.41, 5.74) is 0.945. The fourth-order valence-electron chi connectivity index (χ4n) is 2.01. The van der Waals surface area contributed by atoms with Crippen LogP contribution >= 0.6 is 0 Å². The van der Waals surface area contributed by atoms with Crippen LogP contribution in [0.5, 0.6) is 0 Å². The lowest BCUT2D eigenvalue weighted by molar-refractivity contribution is 0.471.